The van der Waals surface area contributed by atoms with Gasteiger partial charge in [-0.3, -0.25) is 0 Å². The number of hydrogen-bond donors (Lipinski definition) is 0. The predicted octanol–water partition coefficient (Wildman–Crippen LogP) is 7.50. The van der Waals surface area contributed by atoms with Crippen molar-refractivity contribution in [3.8, 4) is 28.0 Å². The van der Waals surface area contributed by atoms with Crippen molar-refractivity contribution >= 4 is 0 Å². The third kappa shape index (κ3) is 4.84. The molecule has 0 spiro atoms. The molecule has 0 aromatic heterocycles. The van der Waals surface area contributed by atoms with E-state index in [-0.39, 0.29) is 11.6 Å². The number of hydrogen-bond acceptors (Lipinski definition) is 1. The first-order valence-corrected chi connectivity index (χ1v) is 10.4. The molecule has 0 radical (unpaired) electrons. The first-order valence-electron chi connectivity index (χ1n) is 10.4. The fraction of sp³-hybridized carbons (Fsp3) is 0.308. The molecule has 1 saturated carbocycles. The Morgan fingerprint density at radius 2 is 1.24 bits per heavy atom. The van der Waals surface area contributed by atoms with Crippen LogP contribution in [0.4, 0.5) is 8.78 Å². The SMILES string of the molecule is CC[C@@H]1CC[C@H](COc2cc(-c3ccc(F)cc3)cc(-c3ccc(F)cc3)c2)C1. The number of benzene rings is 3. The van der Waals surface area contributed by atoms with E-state index < -0.39 is 0 Å². The normalized spacial score (nSPS) is 18.7. The Labute approximate surface area is 171 Å². The predicted molar refractivity (Wildman–Crippen MR) is 114 cm³/mol. The molecule has 0 heterocycles. The van der Waals surface area contributed by atoms with Crippen LogP contribution in [0.15, 0.2) is 66.7 Å². The Bertz CT molecular complexity index is 884. The summed E-state index contributed by atoms with van der Waals surface area (Å²) in [7, 11) is 0. The van der Waals surface area contributed by atoms with Gasteiger partial charge in [-0.1, -0.05) is 44.0 Å². The van der Waals surface area contributed by atoms with Gasteiger partial charge in [0.05, 0.1) is 6.61 Å². The largest absolute Gasteiger partial charge is 0.493 e. The average Bonchev–Trinajstić information content (AvgIpc) is 3.21. The molecule has 2 atom stereocenters. The fourth-order valence-electron chi connectivity index (χ4n) is 4.22. The standard InChI is InChI=1S/C26H26F2O/c1-2-18-3-4-19(13-18)17-29-26-15-22(20-5-9-24(27)10-6-20)14-23(16-26)21-7-11-25(28)12-8-21/h5-12,14-16,18-19H,2-4,13,17H2,1H3/t18-,19+/m1/s1. The van der Waals surface area contributed by atoms with E-state index in [0.717, 1.165) is 33.9 Å². The molecule has 3 aromatic carbocycles. The van der Waals surface area contributed by atoms with Crippen molar-refractivity contribution in [1.82, 2.24) is 0 Å². The van der Waals surface area contributed by atoms with E-state index in [1.165, 1.54) is 49.9 Å². The maximum atomic E-state index is 13.4. The summed E-state index contributed by atoms with van der Waals surface area (Å²) < 4.78 is 32.9. The summed E-state index contributed by atoms with van der Waals surface area (Å²) >= 11 is 0. The smallest absolute Gasteiger partial charge is 0.123 e. The second-order valence-corrected chi connectivity index (χ2v) is 8.02. The summed E-state index contributed by atoms with van der Waals surface area (Å²) in [6.07, 6.45) is 4.99. The molecule has 0 amide bonds. The lowest BCUT2D eigenvalue weighted by Crippen LogP contribution is -2.09. The molecule has 150 valence electrons. The van der Waals surface area contributed by atoms with Crippen molar-refractivity contribution in [2.24, 2.45) is 11.8 Å². The molecule has 1 aliphatic rings. The lowest BCUT2D eigenvalue weighted by atomic mass is 9.98. The number of ether oxygens (including phenoxy) is 1. The average molecular weight is 392 g/mol. The minimum absolute atomic E-state index is 0.258. The highest BCUT2D eigenvalue weighted by atomic mass is 19.1. The van der Waals surface area contributed by atoms with Crippen LogP contribution in [0.2, 0.25) is 0 Å². The van der Waals surface area contributed by atoms with Gasteiger partial charge in [-0.05, 0) is 89.4 Å². The Kier molecular flexibility index (Phi) is 5.94. The van der Waals surface area contributed by atoms with E-state index in [9.17, 15) is 8.78 Å². The molecule has 0 saturated heterocycles. The summed E-state index contributed by atoms with van der Waals surface area (Å²) in [5.41, 5.74) is 3.76. The van der Waals surface area contributed by atoms with Gasteiger partial charge in [0.15, 0.2) is 0 Å². The molecule has 29 heavy (non-hydrogen) atoms. The van der Waals surface area contributed by atoms with Gasteiger partial charge >= 0.3 is 0 Å². The van der Waals surface area contributed by atoms with Crippen molar-refractivity contribution in [2.75, 3.05) is 6.61 Å². The molecule has 3 heteroatoms. The van der Waals surface area contributed by atoms with Crippen molar-refractivity contribution in [3.05, 3.63) is 78.4 Å². The zero-order valence-corrected chi connectivity index (χ0v) is 16.7. The van der Waals surface area contributed by atoms with Crippen LogP contribution in [0.3, 0.4) is 0 Å². The maximum absolute atomic E-state index is 13.4. The Morgan fingerprint density at radius 3 is 1.72 bits per heavy atom. The zero-order chi connectivity index (χ0) is 20.2. The van der Waals surface area contributed by atoms with E-state index in [1.807, 2.05) is 18.2 Å². The highest BCUT2D eigenvalue weighted by Gasteiger charge is 2.23. The van der Waals surface area contributed by atoms with Crippen molar-refractivity contribution < 1.29 is 13.5 Å². The highest BCUT2D eigenvalue weighted by Crippen LogP contribution is 2.35. The van der Waals surface area contributed by atoms with Crippen LogP contribution in [-0.2, 0) is 0 Å². The van der Waals surface area contributed by atoms with Gasteiger partial charge in [-0.25, -0.2) is 8.78 Å². The van der Waals surface area contributed by atoms with Gasteiger partial charge in [0.25, 0.3) is 0 Å². The van der Waals surface area contributed by atoms with Gasteiger partial charge in [0.1, 0.15) is 17.4 Å². The summed E-state index contributed by atoms with van der Waals surface area (Å²) in [5.74, 6) is 1.71. The molecule has 0 aliphatic heterocycles. The molecule has 1 nitrogen and oxygen atoms in total. The van der Waals surface area contributed by atoms with E-state index in [1.54, 1.807) is 24.3 Å². The minimum atomic E-state index is -0.258. The second-order valence-electron chi connectivity index (χ2n) is 8.02. The van der Waals surface area contributed by atoms with Crippen LogP contribution in [0.5, 0.6) is 5.75 Å². The molecule has 0 N–H and O–H groups in total. The highest BCUT2D eigenvalue weighted by molar-refractivity contribution is 5.75. The fourth-order valence-corrected chi connectivity index (χ4v) is 4.22. The summed E-state index contributed by atoms with van der Waals surface area (Å²) in [6, 6.07) is 19.0. The summed E-state index contributed by atoms with van der Waals surface area (Å²) in [6.45, 7) is 2.97. The van der Waals surface area contributed by atoms with E-state index in [0.29, 0.717) is 12.5 Å². The van der Waals surface area contributed by atoms with Gasteiger partial charge in [-0.15, -0.1) is 0 Å². The third-order valence-electron chi connectivity index (χ3n) is 5.97. The molecular weight excluding hydrogens is 366 g/mol. The number of halogens is 2. The molecule has 0 bridgehead atoms. The van der Waals surface area contributed by atoms with Gasteiger partial charge in [0.2, 0.25) is 0 Å². The summed E-state index contributed by atoms with van der Waals surface area (Å²) in [4.78, 5) is 0. The monoisotopic (exact) mass is 392 g/mol. The van der Waals surface area contributed by atoms with Gasteiger partial charge in [0, 0.05) is 0 Å². The van der Waals surface area contributed by atoms with E-state index in [2.05, 4.69) is 6.92 Å². The van der Waals surface area contributed by atoms with Crippen molar-refractivity contribution in [1.29, 1.82) is 0 Å². The quantitative estimate of drug-likeness (QED) is 0.422. The minimum Gasteiger partial charge on any atom is -0.493 e. The molecule has 4 rings (SSSR count). The molecule has 3 aromatic rings. The maximum Gasteiger partial charge on any atom is 0.123 e. The van der Waals surface area contributed by atoms with E-state index >= 15 is 0 Å². The summed E-state index contributed by atoms with van der Waals surface area (Å²) in [5, 5.41) is 0. The van der Waals surface area contributed by atoms with E-state index in [4.69, 9.17) is 4.74 Å². The molecule has 0 unspecified atom stereocenters. The Hall–Kier alpha value is -2.68. The van der Waals surface area contributed by atoms with Crippen molar-refractivity contribution in [3.63, 3.8) is 0 Å². The van der Waals surface area contributed by atoms with Gasteiger partial charge in [-0.2, -0.15) is 0 Å². The van der Waals surface area contributed by atoms with Crippen molar-refractivity contribution in [2.45, 2.75) is 32.6 Å². The van der Waals surface area contributed by atoms with Crippen LogP contribution in [-0.4, -0.2) is 6.61 Å². The lowest BCUT2D eigenvalue weighted by Gasteiger charge is -2.15. The lowest BCUT2D eigenvalue weighted by molar-refractivity contribution is 0.248. The topological polar surface area (TPSA) is 9.23 Å². The second kappa shape index (κ2) is 8.77. The number of rotatable bonds is 6. The first kappa shape index (κ1) is 19.6. The van der Waals surface area contributed by atoms with Crippen LogP contribution in [0, 0.1) is 23.5 Å². The Morgan fingerprint density at radius 1 is 0.724 bits per heavy atom. The van der Waals surface area contributed by atoms with Crippen LogP contribution in [0.25, 0.3) is 22.3 Å². The van der Waals surface area contributed by atoms with Crippen LogP contribution in [0.1, 0.15) is 32.6 Å². The van der Waals surface area contributed by atoms with Gasteiger partial charge < -0.3 is 4.74 Å². The Balaban J connectivity index is 1.62. The van der Waals surface area contributed by atoms with Crippen LogP contribution >= 0.6 is 0 Å². The molecular formula is C26H26F2O. The molecule has 1 aliphatic carbocycles. The van der Waals surface area contributed by atoms with Crippen LogP contribution < -0.4 is 4.74 Å². The first-order chi connectivity index (χ1) is 14.1. The zero-order valence-electron chi connectivity index (χ0n) is 16.7. The molecule has 1 fully saturated rings. The third-order valence-corrected chi connectivity index (χ3v) is 5.97.